The van der Waals surface area contributed by atoms with Gasteiger partial charge < -0.3 is 4.74 Å². The van der Waals surface area contributed by atoms with Gasteiger partial charge in [0.1, 0.15) is 0 Å². The van der Waals surface area contributed by atoms with Gasteiger partial charge in [0.15, 0.2) is 0 Å². The lowest BCUT2D eigenvalue weighted by Gasteiger charge is -2.11. The number of unbranched alkanes of at least 4 members (excludes halogenated alkanes) is 3. The van der Waals surface area contributed by atoms with Crippen molar-refractivity contribution in [2.45, 2.75) is 58.8 Å². The first-order valence-electron chi connectivity index (χ1n) is 6.22. The van der Waals surface area contributed by atoms with Gasteiger partial charge >= 0.3 is 0 Å². The van der Waals surface area contributed by atoms with Crippen molar-refractivity contribution in [3.63, 3.8) is 0 Å². The van der Waals surface area contributed by atoms with Gasteiger partial charge in [-0.15, -0.1) is 0 Å². The summed E-state index contributed by atoms with van der Waals surface area (Å²) in [5.41, 5.74) is 0. The Labute approximate surface area is 90.2 Å². The predicted octanol–water partition coefficient (Wildman–Crippen LogP) is 4.22. The van der Waals surface area contributed by atoms with Gasteiger partial charge in [0, 0.05) is 13.2 Å². The summed E-state index contributed by atoms with van der Waals surface area (Å²) in [5, 5.41) is 0. The van der Waals surface area contributed by atoms with Crippen LogP contribution < -0.4 is 0 Å². The quantitative estimate of drug-likeness (QED) is 0.479. The van der Waals surface area contributed by atoms with Crippen LogP contribution in [0.1, 0.15) is 58.8 Å². The van der Waals surface area contributed by atoms with E-state index in [1.807, 2.05) is 0 Å². The summed E-state index contributed by atoms with van der Waals surface area (Å²) in [5.74, 6) is 0.870. The molecular weight excluding hydrogens is 172 g/mol. The molecule has 1 heteroatoms. The van der Waals surface area contributed by atoms with Crippen molar-refractivity contribution in [2.24, 2.45) is 5.92 Å². The standard InChI is InChI=1S/C13H27O/c1-4-7-8-9-11-14-12-10-13(5-2)6-3/h13H,1,4-12H2,2-3H3. The molecule has 14 heavy (non-hydrogen) atoms. The van der Waals surface area contributed by atoms with Crippen LogP contribution in [0.5, 0.6) is 0 Å². The average Bonchev–Trinajstić information content (AvgIpc) is 2.22. The fraction of sp³-hybridized carbons (Fsp3) is 0.923. The summed E-state index contributed by atoms with van der Waals surface area (Å²) < 4.78 is 5.59. The van der Waals surface area contributed by atoms with Gasteiger partial charge in [-0.25, -0.2) is 0 Å². The number of hydrogen-bond acceptors (Lipinski definition) is 1. The van der Waals surface area contributed by atoms with E-state index in [-0.39, 0.29) is 0 Å². The van der Waals surface area contributed by atoms with E-state index in [2.05, 4.69) is 20.8 Å². The molecule has 0 aromatic rings. The normalized spacial score (nSPS) is 11.1. The summed E-state index contributed by atoms with van der Waals surface area (Å²) in [6.07, 6.45) is 8.61. The number of hydrogen-bond donors (Lipinski definition) is 0. The third-order valence-corrected chi connectivity index (χ3v) is 2.86. The predicted molar refractivity (Wildman–Crippen MR) is 63.3 cm³/mol. The average molecular weight is 199 g/mol. The van der Waals surface area contributed by atoms with Gasteiger partial charge in [0.2, 0.25) is 0 Å². The maximum atomic E-state index is 5.59. The Morgan fingerprint density at radius 2 is 1.71 bits per heavy atom. The smallest absolute Gasteiger partial charge is 0.0468 e. The summed E-state index contributed by atoms with van der Waals surface area (Å²) in [6.45, 7) is 10.3. The molecular formula is C13H27O. The van der Waals surface area contributed by atoms with E-state index in [9.17, 15) is 0 Å². The van der Waals surface area contributed by atoms with Gasteiger partial charge in [0.05, 0.1) is 0 Å². The third-order valence-electron chi connectivity index (χ3n) is 2.86. The lowest BCUT2D eigenvalue weighted by molar-refractivity contribution is 0.115. The molecule has 0 N–H and O–H groups in total. The summed E-state index contributed by atoms with van der Waals surface area (Å²) in [7, 11) is 0. The van der Waals surface area contributed by atoms with Crippen molar-refractivity contribution in [1.29, 1.82) is 0 Å². The molecule has 0 atom stereocenters. The summed E-state index contributed by atoms with van der Waals surface area (Å²) >= 11 is 0. The first kappa shape index (κ1) is 14.0. The van der Waals surface area contributed by atoms with Crippen LogP contribution >= 0.6 is 0 Å². The molecule has 0 aliphatic heterocycles. The SMILES string of the molecule is [CH2]CCCCCOCCC(CC)CC. The van der Waals surface area contributed by atoms with E-state index in [0.29, 0.717) is 0 Å². The highest BCUT2D eigenvalue weighted by atomic mass is 16.5. The van der Waals surface area contributed by atoms with Crippen LogP contribution in [0.2, 0.25) is 0 Å². The molecule has 0 bridgehead atoms. The van der Waals surface area contributed by atoms with Gasteiger partial charge in [-0.05, 0) is 18.8 Å². The molecule has 1 nitrogen and oxygen atoms in total. The van der Waals surface area contributed by atoms with Crippen molar-refractivity contribution in [3.05, 3.63) is 6.92 Å². The molecule has 0 fully saturated rings. The Kier molecular flexibility index (Phi) is 11.0. The molecule has 0 spiro atoms. The second kappa shape index (κ2) is 11.0. The van der Waals surface area contributed by atoms with Gasteiger partial charge in [-0.3, -0.25) is 0 Å². The second-order valence-corrected chi connectivity index (χ2v) is 4.00. The Hall–Kier alpha value is -0.0400. The van der Waals surface area contributed by atoms with E-state index in [1.165, 1.54) is 38.5 Å². The van der Waals surface area contributed by atoms with E-state index in [4.69, 9.17) is 4.74 Å². The number of rotatable bonds is 10. The maximum Gasteiger partial charge on any atom is 0.0468 e. The second-order valence-electron chi connectivity index (χ2n) is 4.00. The third kappa shape index (κ3) is 8.55. The van der Waals surface area contributed by atoms with Crippen LogP contribution in [0.25, 0.3) is 0 Å². The Morgan fingerprint density at radius 1 is 1.00 bits per heavy atom. The molecule has 0 aliphatic rings. The topological polar surface area (TPSA) is 9.23 Å². The highest BCUT2D eigenvalue weighted by Gasteiger charge is 2.02. The molecule has 0 heterocycles. The van der Waals surface area contributed by atoms with Crippen LogP contribution in [0.3, 0.4) is 0 Å². The molecule has 0 aromatic carbocycles. The molecule has 0 saturated heterocycles. The van der Waals surface area contributed by atoms with Crippen LogP contribution in [-0.4, -0.2) is 13.2 Å². The summed E-state index contributed by atoms with van der Waals surface area (Å²) in [6, 6.07) is 0. The van der Waals surface area contributed by atoms with Crippen LogP contribution in [-0.2, 0) is 4.74 Å². The monoisotopic (exact) mass is 199 g/mol. The summed E-state index contributed by atoms with van der Waals surface area (Å²) in [4.78, 5) is 0. The highest BCUT2D eigenvalue weighted by molar-refractivity contribution is 4.53. The first-order valence-corrected chi connectivity index (χ1v) is 6.22. The lowest BCUT2D eigenvalue weighted by atomic mass is 10.0. The van der Waals surface area contributed by atoms with E-state index in [0.717, 1.165) is 25.6 Å². The van der Waals surface area contributed by atoms with Crippen molar-refractivity contribution in [2.75, 3.05) is 13.2 Å². The first-order chi connectivity index (χ1) is 6.85. The molecule has 0 saturated carbocycles. The Morgan fingerprint density at radius 3 is 2.29 bits per heavy atom. The van der Waals surface area contributed by atoms with E-state index in [1.54, 1.807) is 0 Å². The molecule has 0 rings (SSSR count). The zero-order valence-corrected chi connectivity index (χ0v) is 10.1. The van der Waals surface area contributed by atoms with Gasteiger partial charge in [0.25, 0.3) is 0 Å². The fourth-order valence-electron chi connectivity index (χ4n) is 1.61. The van der Waals surface area contributed by atoms with Crippen molar-refractivity contribution in [1.82, 2.24) is 0 Å². The minimum absolute atomic E-state index is 0.870. The van der Waals surface area contributed by atoms with Crippen LogP contribution in [0, 0.1) is 12.8 Å². The lowest BCUT2D eigenvalue weighted by Crippen LogP contribution is -2.04. The highest BCUT2D eigenvalue weighted by Crippen LogP contribution is 2.12. The van der Waals surface area contributed by atoms with E-state index >= 15 is 0 Å². The zero-order valence-electron chi connectivity index (χ0n) is 10.1. The fourth-order valence-corrected chi connectivity index (χ4v) is 1.61. The van der Waals surface area contributed by atoms with E-state index < -0.39 is 0 Å². The molecule has 0 amide bonds. The molecule has 85 valence electrons. The van der Waals surface area contributed by atoms with Gasteiger partial charge in [-0.1, -0.05) is 52.9 Å². The largest absolute Gasteiger partial charge is 0.381 e. The van der Waals surface area contributed by atoms with Crippen molar-refractivity contribution >= 4 is 0 Å². The van der Waals surface area contributed by atoms with Crippen LogP contribution in [0.4, 0.5) is 0 Å². The Bertz CT molecular complexity index is 97.4. The molecule has 0 aromatic heterocycles. The number of ether oxygens (including phenoxy) is 1. The maximum absolute atomic E-state index is 5.59. The Balaban J connectivity index is 3.04. The van der Waals surface area contributed by atoms with Crippen molar-refractivity contribution < 1.29 is 4.74 Å². The van der Waals surface area contributed by atoms with Crippen molar-refractivity contribution in [3.8, 4) is 0 Å². The zero-order chi connectivity index (χ0) is 10.6. The molecule has 1 radical (unpaired) electrons. The minimum atomic E-state index is 0.870. The molecule has 0 aliphatic carbocycles. The van der Waals surface area contributed by atoms with Crippen LogP contribution in [0.15, 0.2) is 0 Å². The minimum Gasteiger partial charge on any atom is -0.381 e. The van der Waals surface area contributed by atoms with Gasteiger partial charge in [-0.2, -0.15) is 0 Å². The molecule has 0 unspecified atom stereocenters.